The zero-order valence-corrected chi connectivity index (χ0v) is 15.4. The molecule has 25 heavy (non-hydrogen) atoms. The van der Waals surface area contributed by atoms with Gasteiger partial charge >= 0.3 is 0 Å². The van der Waals surface area contributed by atoms with E-state index in [0.29, 0.717) is 35.8 Å². The van der Waals surface area contributed by atoms with E-state index in [1.807, 2.05) is 30.3 Å². The number of hydrogen-bond donors (Lipinski definition) is 1. The van der Waals surface area contributed by atoms with Crippen molar-refractivity contribution >= 4 is 5.91 Å². The Hall–Kier alpha value is -2.40. The van der Waals surface area contributed by atoms with Gasteiger partial charge in [0.25, 0.3) is 5.91 Å². The number of aromatic nitrogens is 1. The molecule has 2 rings (SSSR count). The Labute approximate surface area is 150 Å². The van der Waals surface area contributed by atoms with Gasteiger partial charge in [0, 0.05) is 31.4 Å². The molecule has 1 aromatic heterocycles. The third-order valence-electron chi connectivity index (χ3n) is 3.96. The van der Waals surface area contributed by atoms with Gasteiger partial charge < -0.3 is 10.1 Å². The van der Waals surface area contributed by atoms with E-state index in [-0.39, 0.29) is 5.91 Å². The van der Waals surface area contributed by atoms with E-state index in [0.717, 1.165) is 6.54 Å². The van der Waals surface area contributed by atoms with E-state index in [1.54, 1.807) is 18.3 Å². The molecule has 0 aliphatic rings. The normalized spacial score (nSPS) is 11.2. The molecule has 0 saturated carbocycles. The molecule has 5 heteroatoms. The molecular formula is C20H27N3O2. The summed E-state index contributed by atoms with van der Waals surface area (Å²) in [5.41, 5.74) is 0.437. The predicted octanol–water partition coefficient (Wildman–Crippen LogP) is 3.72. The molecule has 0 bridgehead atoms. The van der Waals surface area contributed by atoms with Crippen molar-refractivity contribution in [3.8, 4) is 11.6 Å². The topological polar surface area (TPSA) is 54.5 Å². The van der Waals surface area contributed by atoms with Crippen molar-refractivity contribution in [1.29, 1.82) is 0 Å². The van der Waals surface area contributed by atoms with Crippen molar-refractivity contribution in [2.75, 3.05) is 13.1 Å². The van der Waals surface area contributed by atoms with Crippen LogP contribution < -0.4 is 10.1 Å². The Balaban J connectivity index is 2.00. The lowest BCUT2D eigenvalue weighted by Gasteiger charge is -2.30. The molecule has 1 heterocycles. The first kappa shape index (κ1) is 18.9. The first-order valence-corrected chi connectivity index (χ1v) is 8.71. The maximum absolute atomic E-state index is 12.5. The molecule has 1 aromatic carbocycles. The van der Waals surface area contributed by atoms with Gasteiger partial charge in [-0.2, -0.15) is 0 Å². The van der Waals surface area contributed by atoms with Gasteiger partial charge in [0.1, 0.15) is 11.3 Å². The SMILES string of the molecule is CC(C)N(CCNC(=O)c1cccnc1Oc1ccccc1)C(C)C. The van der Waals surface area contributed by atoms with E-state index in [1.165, 1.54) is 0 Å². The number of carbonyl (C=O) groups excluding carboxylic acids is 1. The highest BCUT2D eigenvalue weighted by Crippen LogP contribution is 2.22. The second-order valence-corrected chi connectivity index (χ2v) is 6.45. The highest BCUT2D eigenvalue weighted by atomic mass is 16.5. The Morgan fingerprint density at radius 1 is 1.08 bits per heavy atom. The summed E-state index contributed by atoms with van der Waals surface area (Å²) in [5, 5.41) is 2.96. The number of para-hydroxylation sites is 1. The largest absolute Gasteiger partial charge is 0.438 e. The quantitative estimate of drug-likeness (QED) is 0.795. The van der Waals surface area contributed by atoms with Gasteiger partial charge in [-0.15, -0.1) is 0 Å². The highest BCUT2D eigenvalue weighted by Gasteiger charge is 2.16. The predicted molar refractivity (Wildman–Crippen MR) is 100 cm³/mol. The minimum atomic E-state index is -0.175. The number of rotatable bonds is 8. The van der Waals surface area contributed by atoms with E-state index >= 15 is 0 Å². The van der Waals surface area contributed by atoms with Crippen LogP contribution >= 0.6 is 0 Å². The fraction of sp³-hybridized carbons (Fsp3) is 0.400. The maximum Gasteiger partial charge on any atom is 0.256 e. The van der Waals surface area contributed by atoms with Crippen LogP contribution in [0.15, 0.2) is 48.7 Å². The van der Waals surface area contributed by atoms with Crippen LogP contribution in [-0.2, 0) is 0 Å². The van der Waals surface area contributed by atoms with Gasteiger partial charge in [-0.1, -0.05) is 18.2 Å². The standard InChI is InChI=1S/C20H27N3O2/c1-15(2)23(16(3)4)14-13-21-19(24)18-11-8-12-22-20(18)25-17-9-6-5-7-10-17/h5-12,15-16H,13-14H2,1-4H3,(H,21,24). The van der Waals surface area contributed by atoms with Gasteiger partial charge in [-0.3, -0.25) is 9.69 Å². The number of pyridine rings is 1. The van der Waals surface area contributed by atoms with Gasteiger partial charge in [0.15, 0.2) is 0 Å². The summed E-state index contributed by atoms with van der Waals surface area (Å²) in [6.07, 6.45) is 1.62. The lowest BCUT2D eigenvalue weighted by molar-refractivity contribution is 0.0936. The summed E-state index contributed by atoms with van der Waals surface area (Å²) in [6.45, 7) is 10.0. The maximum atomic E-state index is 12.5. The van der Waals surface area contributed by atoms with Crippen LogP contribution in [0.4, 0.5) is 0 Å². The lowest BCUT2D eigenvalue weighted by atomic mass is 10.2. The Kier molecular flexibility index (Phi) is 6.95. The van der Waals surface area contributed by atoms with Crippen LogP contribution in [0.5, 0.6) is 11.6 Å². The van der Waals surface area contributed by atoms with Crippen LogP contribution in [0.1, 0.15) is 38.1 Å². The second kappa shape index (κ2) is 9.18. The van der Waals surface area contributed by atoms with Crippen LogP contribution in [0.3, 0.4) is 0 Å². The smallest absolute Gasteiger partial charge is 0.256 e. The van der Waals surface area contributed by atoms with Crippen molar-refractivity contribution in [2.24, 2.45) is 0 Å². The second-order valence-electron chi connectivity index (χ2n) is 6.45. The minimum absolute atomic E-state index is 0.175. The Morgan fingerprint density at radius 2 is 1.76 bits per heavy atom. The van der Waals surface area contributed by atoms with Crippen molar-refractivity contribution in [2.45, 2.75) is 39.8 Å². The van der Waals surface area contributed by atoms with Crippen molar-refractivity contribution in [3.63, 3.8) is 0 Å². The zero-order valence-electron chi connectivity index (χ0n) is 15.4. The first-order valence-electron chi connectivity index (χ1n) is 8.71. The van der Waals surface area contributed by atoms with Gasteiger partial charge in [0.2, 0.25) is 5.88 Å². The third-order valence-corrected chi connectivity index (χ3v) is 3.96. The Bertz CT molecular complexity index is 664. The van der Waals surface area contributed by atoms with Crippen molar-refractivity contribution in [1.82, 2.24) is 15.2 Å². The molecule has 0 aliphatic heterocycles. The third kappa shape index (κ3) is 5.57. The summed E-state index contributed by atoms with van der Waals surface area (Å²) in [6, 6.07) is 13.7. The fourth-order valence-corrected chi connectivity index (χ4v) is 2.75. The molecule has 5 nitrogen and oxygen atoms in total. The lowest BCUT2D eigenvalue weighted by Crippen LogP contribution is -2.42. The molecule has 1 amide bonds. The van der Waals surface area contributed by atoms with Crippen LogP contribution in [-0.4, -0.2) is 41.0 Å². The van der Waals surface area contributed by atoms with Crippen LogP contribution in [0.25, 0.3) is 0 Å². The molecule has 2 aromatic rings. The number of carbonyl (C=O) groups is 1. The number of nitrogens with one attached hydrogen (secondary N) is 1. The molecule has 0 aliphatic carbocycles. The van der Waals surface area contributed by atoms with E-state index in [2.05, 4.69) is 42.9 Å². The van der Waals surface area contributed by atoms with Gasteiger partial charge in [-0.25, -0.2) is 4.98 Å². The average Bonchev–Trinajstić information content (AvgIpc) is 2.59. The highest BCUT2D eigenvalue weighted by molar-refractivity contribution is 5.96. The summed E-state index contributed by atoms with van der Waals surface area (Å²) in [7, 11) is 0. The molecule has 0 saturated heterocycles. The van der Waals surface area contributed by atoms with Gasteiger partial charge in [0.05, 0.1) is 0 Å². The molecule has 0 atom stereocenters. The number of amides is 1. The number of ether oxygens (including phenoxy) is 1. The summed E-state index contributed by atoms with van der Waals surface area (Å²) < 4.78 is 5.75. The van der Waals surface area contributed by atoms with Crippen LogP contribution in [0.2, 0.25) is 0 Å². The number of hydrogen-bond acceptors (Lipinski definition) is 4. The molecule has 0 spiro atoms. The molecule has 0 unspecified atom stereocenters. The van der Waals surface area contributed by atoms with Crippen molar-refractivity contribution < 1.29 is 9.53 Å². The minimum Gasteiger partial charge on any atom is -0.438 e. The van der Waals surface area contributed by atoms with E-state index in [9.17, 15) is 4.79 Å². The van der Waals surface area contributed by atoms with Crippen LogP contribution in [0, 0.1) is 0 Å². The summed E-state index contributed by atoms with van der Waals surface area (Å²) >= 11 is 0. The van der Waals surface area contributed by atoms with Crippen molar-refractivity contribution in [3.05, 3.63) is 54.2 Å². The molecule has 134 valence electrons. The summed E-state index contributed by atoms with van der Waals surface area (Å²) in [5.74, 6) is 0.795. The molecule has 0 radical (unpaired) electrons. The zero-order chi connectivity index (χ0) is 18.2. The molecular weight excluding hydrogens is 314 g/mol. The first-order chi connectivity index (χ1) is 12.0. The summed E-state index contributed by atoms with van der Waals surface area (Å²) in [4.78, 5) is 19.1. The number of benzene rings is 1. The molecule has 0 fully saturated rings. The van der Waals surface area contributed by atoms with E-state index in [4.69, 9.17) is 4.74 Å². The fourth-order valence-electron chi connectivity index (χ4n) is 2.75. The average molecular weight is 341 g/mol. The van der Waals surface area contributed by atoms with E-state index < -0.39 is 0 Å². The van der Waals surface area contributed by atoms with Gasteiger partial charge in [-0.05, 0) is 52.0 Å². The number of nitrogens with zero attached hydrogens (tertiary/aromatic N) is 2. The molecule has 1 N–H and O–H groups in total. The monoisotopic (exact) mass is 341 g/mol. The Morgan fingerprint density at radius 3 is 2.40 bits per heavy atom.